The Hall–Kier alpha value is -3.55. The molecule has 0 aliphatic carbocycles. The maximum atomic E-state index is 12.9. The minimum absolute atomic E-state index is 0.330. The highest BCUT2D eigenvalue weighted by Crippen LogP contribution is 2.38. The van der Waals surface area contributed by atoms with Crippen molar-refractivity contribution >= 4 is 23.4 Å². The predicted molar refractivity (Wildman–Crippen MR) is 105 cm³/mol. The summed E-state index contributed by atoms with van der Waals surface area (Å²) in [6.45, 7) is 1.32. The fourth-order valence-corrected chi connectivity index (χ4v) is 3.30. The second-order valence-electron chi connectivity index (χ2n) is 6.18. The molecular formula is C20H20N4O4. The van der Waals surface area contributed by atoms with Crippen LogP contribution in [0.2, 0.25) is 0 Å². The number of ether oxygens (including phenoxy) is 3. The fourth-order valence-electron chi connectivity index (χ4n) is 3.30. The Bertz CT molecular complexity index is 974. The number of rotatable bonds is 4. The number of amides is 1. The third-order valence-electron chi connectivity index (χ3n) is 4.62. The topological polar surface area (TPSA) is 84.8 Å². The largest absolute Gasteiger partial charge is 0.493 e. The quantitative estimate of drug-likeness (QED) is 0.879. The Morgan fingerprint density at radius 1 is 1.07 bits per heavy atom. The van der Waals surface area contributed by atoms with Gasteiger partial charge < -0.3 is 14.2 Å². The molecule has 0 saturated carbocycles. The summed E-state index contributed by atoms with van der Waals surface area (Å²) in [6.07, 6.45) is 0. The maximum absolute atomic E-state index is 12.9. The molecule has 0 unspecified atom stereocenters. The molecule has 8 heteroatoms. The van der Waals surface area contributed by atoms with Crippen molar-refractivity contribution in [2.45, 2.75) is 0 Å². The molecular weight excluding hydrogens is 360 g/mol. The SMILES string of the molecule is COc1cc(C(=O)NC2=Nc3ccccc3C3=NCCN23)cc(OC)c1OC. The summed E-state index contributed by atoms with van der Waals surface area (Å²) in [5, 5.41) is 2.89. The highest BCUT2D eigenvalue weighted by atomic mass is 16.5. The third kappa shape index (κ3) is 2.92. The van der Waals surface area contributed by atoms with Gasteiger partial charge in [0, 0.05) is 17.7 Å². The molecule has 0 atom stereocenters. The van der Waals surface area contributed by atoms with Crippen molar-refractivity contribution < 1.29 is 19.0 Å². The lowest BCUT2D eigenvalue weighted by Gasteiger charge is -2.27. The summed E-state index contributed by atoms with van der Waals surface area (Å²) < 4.78 is 16.0. The van der Waals surface area contributed by atoms with Gasteiger partial charge in [0.2, 0.25) is 11.7 Å². The molecule has 1 N–H and O–H groups in total. The molecule has 0 spiro atoms. The minimum Gasteiger partial charge on any atom is -0.493 e. The zero-order valence-electron chi connectivity index (χ0n) is 15.9. The molecule has 0 fully saturated rings. The Labute approximate surface area is 162 Å². The predicted octanol–water partition coefficient (Wildman–Crippen LogP) is 2.21. The number of hydrogen-bond acceptors (Lipinski definition) is 7. The molecule has 144 valence electrons. The van der Waals surface area contributed by atoms with Gasteiger partial charge in [-0.25, -0.2) is 4.99 Å². The van der Waals surface area contributed by atoms with E-state index in [2.05, 4.69) is 15.3 Å². The van der Waals surface area contributed by atoms with Crippen molar-refractivity contribution in [2.75, 3.05) is 34.4 Å². The van der Waals surface area contributed by atoms with Gasteiger partial charge in [-0.3, -0.25) is 20.0 Å². The lowest BCUT2D eigenvalue weighted by molar-refractivity contribution is 0.0973. The third-order valence-corrected chi connectivity index (χ3v) is 4.62. The molecule has 2 aromatic carbocycles. The van der Waals surface area contributed by atoms with Crippen LogP contribution in [0.3, 0.4) is 0 Å². The van der Waals surface area contributed by atoms with Crippen LogP contribution in [-0.4, -0.2) is 57.0 Å². The number of nitrogens with zero attached hydrogens (tertiary/aromatic N) is 3. The summed E-state index contributed by atoms with van der Waals surface area (Å²) in [6, 6.07) is 11.0. The first-order chi connectivity index (χ1) is 13.7. The van der Waals surface area contributed by atoms with Crippen molar-refractivity contribution in [3.63, 3.8) is 0 Å². The molecule has 0 aromatic heterocycles. The van der Waals surface area contributed by atoms with Crippen LogP contribution < -0.4 is 19.5 Å². The van der Waals surface area contributed by atoms with Crippen molar-refractivity contribution in [1.82, 2.24) is 10.2 Å². The second kappa shape index (κ2) is 7.22. The van der Waals surface area contributed by atoms with Gasteiger partial charge in [0.15, 0.2) is 11.5 Å². The average molecular weight is 380 g/mol. The maximum Gasteiger partial charge on any atom is 0.258 e. The van der Waals surface area contributed by atoms with Gasteiger partial charge in [0.1, 0.15) is 5.84 Å². The number of guanidine groups is 1. The van der Waals surface area contributed by atoms with Gasteiger partial charge in [-0.2, -0.15) is 0 Å². The molecule has 2 aromatic rings. The highest BCUT2D eigenvalue weighted by molar-refractivity contribution is 6.19. The fraction of sp³-hybridized carbons (Fsp3) is 0.250. The van der Waals surface area contributed by atoms with E-state index in [4.69, 9.17) is 14.2 Å². The molecule has 28 heavy (non-hydrogen) atoms. The molecule has 0 radical (unpaired) electrons. The van der Waals surface area contributed by atoms with E-state index in [1.54, 1.807) is 12.1 Å². The summed E-state index contributed by atoms with van der Waals surface area (Å²) in [4.78, 5) is 24.0. The molecule has 0 bridgehead atoms. The number of carbonyl (C=O) groups is 1. The number of hydrogen-bond donors (Lipinski definition) is 1. The molecule has 4 rings (SSSR count). The van der Waals surface area contributed by atoms with Crippen LogP contribution in [0.4, 0.5) is 5.69 Å². The molecule has 2 heterocycles. The summed E-state index contributed by atoms with van der Waals surface area (Å²) in [5.41, 5.74) is 2.11. The Kier molecular flexibility index (Phi) is 4.60. The van der Waals surface area contributed by atoms with Crippen molar-refractivity contribution in [3.05, 3.63) is 47.5 Å². The van der Waals surface area contributed by atoms with E-state index in [9.17, 15) is 4.79 Å². The average Bonchev–Trinajstić information content (AvgIpc) is 3.23. The number of carbonyl (C=O) groups excluding carboxylic acids is 1. The number of fused-ring (bicyclic) bond motifs is 3. The number of methoxy groups -OCH3 is 3. The summed E-state index contributed by atoms with van der Waals surface area (Å²) >= 11 is 0. The van der Waals surface area contributed by atoms with E-state index in [0.717, 1.165) is 17.1 Å². The Morgan fingerprint density at radius 2 is 1.79 bits per heavy atom. The smallest absolute Gasteiger partial charge is 0.258 e. The van der Waals surface area contributed by atoms with Crippen LogP contribution >= 0.6 is 0 Å². The van der Waals surface area contributed by atoms with Gasteiger partial charge in [0.25, 0.3) is 5.91 Å². The van der Waals surface area contributed by atoms with Gasteiger partial charge >= 0.3 is 0 Å². The normalized spacial score (nSPS) is 14.5. The van der Waals surface area contributed by atoms with Gasteiger partial charge in [-0.05, 0) is 24.3 Å². The highest BCUT2D eigenvalue weighted by Gasteiger charge is 2.30. The molecule has 8 nitrogen and oxygen atoms in total. The first-order valence-corrected chi connectivity index (χ1v) is 8.77. The standard InChI is InChI=1S/C20H20N4O4/c1-26-15-10-12(11-16(27-2)17(15)28-3)19(25)23-20-22-14-7-5-4-6-13(14)18-21-8-9-24(18)20/h4-7,10-11H,8-9H2,1-3H3,(H,22,23,25). The molecule has 0 saturated heterocycles. The molecule has 2 aliphatic heterocycles. The van der Waals surface area contributed by atoms with Gasteiger partial charge in [-0.15, -0.1) is 0 Å². The van der Waals surface area contributed by atoms with E-state index in [-0.39, 0.29) is 5.91 Å². The lowest BCUT2D eigenvalue weighted by atomic mass is 10.1. The number of para-hydroxylation sites is 1. The van der Waals surface area contributed by atoms with E-state index >= 15 is 0 Å². The number of nitrogens with one attached hydrogen (secondary N) is 1. The van der Waals surface area contributed by atoms with Crippen LogP contribution in [0, 0.1) is 0 Å². The second-order valence-corrected chi connectivity index (χ2v) is 6.18. The first kappa shape index (κ1) is 17.8. The molecule has 1 amide bonds. The zero-order chi connectivity index (χ0) is 19.7. The first-order valence-electron chi connectivity index (χ1n) is 8.77. The van der Waals surface area contributed by atoms with Crippen LogP contribution in [0.15, 0.2) is 46.4 Å². The van der Waals surface area contributed by atoms with Crippen LogP contribution in [-0.2, 0) is 0 Å². The monoisotopic (exact) mass is 380 g/mol. The van der Waals surface area contributed by atoms with Crippen molar-refractivity contribution in [3.8, 4) is 17.2 Å². The van der Waals surface area contributed by atoms with E-state index < -0.39 is 0 Å². The summed E-state index contributed by atoms with van der Waals surface area (Å²) in [7, 11) is 4.53. The number of amidine groups is 1. The van der Waals surface area contributed by atoms with E-state index in [0.29, 0.717) is 41.9 Å². The van der Waals surface area contributed by atoms with E-state index in [1.165, 1.54) is 21.3 Å². The Morgan fingerprint density at radius 3 is 2.46 bits per heavy atom. The van der Waals surface area contributed by atoms with Crippen LogP contribution in [0.1, 0.15) is 15.9 Å². The zero-order valence-corrected chi connectivity index (χ0v) is 15.9. The summed E-state index contributed by atoms with van der Waals surface area (Å²) in [5.74, 6) is 2.19. The van der Waals surface area contributed by atoms with E-state index in [1.807, 2.05) is 29.2 Å². The van der Waals surface area contributed by atoms with Crippen LogP contribution in [0.25, 0.3) is 0 Å². The molecule has 2 aliphatic rings. The van der Waals surface area contributed by atoms with Crippen molar-refractivity contribution in [1.29, 1.82) is 0 Å². The van der Waals surface area contributed by atoms with Gasteiger partial charge in [-0.1, -0.05) is 12.1 Å². The lowest BCUT2D eigenvalue weighted by Crippen LogP contribution is -2.47. The van der Waals surface area contributed by atoms with Crippen molar-refractivity contribution in [2.24, 2.45) is 9.98 Å². The van der Waals surface area contributed by atoms with Crippen LogP contribution in [0.5, 0.6) is 17.2 Å². The Balaban J connectivity index is 1.68. The number of aliphatic imine (C=N–C) groups is 2. The minimum atomic E-state index is -0.330. The van der Waals surface area contributed by atoms with Gasteiger partial charge in [0.05, 0.1) is 33.6 Å². The number of benzene rings is 2.